The third-order valence-corrected chi connectivity index (χ3v) is 4.39. The molecular formula is C12H18N2O4S. The maximum absolute atomic E-state index is 12.2. The smallest absolute Gasteiger partial charge is 0.242 e. The van der Waals surface area contributed by atoms with E-state index >= 15 is 0 Å². The van der Waals surface area contributed by atoms with Crippen molar-refractivity contribution in [2.24, 2.45) is 0 Å². The Balaban J connectivity index is 2.15. The fourth-order valence-corrected chi connectivity index (χ4v) is 3.11. The molecule has 1 aliphatic rings. The molecule has 1 atom stereocenters. The molecular weight excluding hydrogens is 268 g/mol. The third kappa shape index (κ3) is 3.90. The molecule has 1 saturated carbocycles. The lowest BCUT2D eigenvalue weighted by Gasteiger charge is -2.14. The number of aliphatic hydroxyl groups excluding tert-OH is 2. The van der Waals surface area contributed by atoms with Crippen LogP contribution in [0, 0.1) is 0 Å². The summed E-state index contributed by atoms with van der Waals surface area (Å²) < 4.78 is 26.9. The first-order valence-corrected chi connectivity index (χ1v) is 7.65. The second-order valence-electron chi connectivity index (χ2n) is 4.61. The van der Waals surface area contributed by atoms with E-state index in [0.29, 0.717) is 5.69 Å². The molecule has 0 bridgehead atoms. The predicted octanol–water partition coefficient (Wildman–Crippen LogP) is -0.108. The van der Waals surface area contributed by atoms with Gasteiger partial charge in [-0.15, -0.1) is 0 Å². The topological polar surface area (TPSA) is 98.7 Å². The molecule has 7 heteroatoms. The van der Waals surface area contributed by atoms with Crippen LogP contribution in [0.3, 0.4) is 0 Å². The van der Waals surface area contributed by atoms with Crippen molar-refractivity contribution in [3.05, 3.63) is 24.3 Å². The molecule has 6 nitrogen and oxygen atoms in total. The Morgan fingerprint density at radius 2 is 2.00 bits per heavy atom. The summed E-state index contributed by atoms with van der Waals surface area (Å²) in [7, 11) is -3.54. The predicted molar refractivity (Wildman–Crippen MR) is 71.4 cm³/mol. The first-order valence-electron chi connectivity index (χ1n) is 6.17. The molecule has 106 valence electrons. The SMILES string of the molecule is O=S(=O)(NC1CC1)c1ccccc1NCC(O)CO. The largest absolute Gasteiger partial charge is 0.394 e. The monoisotopic (exact) mass is 286 g/mol. The zero-order chi connectivity index (χ0) is 13.9. The average molecular weight is 286 g/mol. The van der Waals surface area contributed by atoms with Gasteiger partial charge in [-0.25, -0.2) is 13.1 Å². The van der Waals surface area contributed by atoms with Gasteiger partial charge in [0, 0.05) is 12.6 Å². The zero-order valence-corrected chi connectivity index (χ0v) is 11.2. The van der Waals surface area contributed by atoms with Crippen LogP contribution in [0.1, 0.15) is 12.8 Å². The van der Waals surface area contributed by atoms with Crippen molar-refractivity contribution in [2.45, 2.75) is 29.9 Å². The van der Waals surface area contributed by atoms with E-state index in [2.05, 4.69) is 10.0 Å². The van der Waals surface area contributed by atoms with Crippen molar-refractivity contribution in [3.8, 4) is 0 Å². The van der Waals surface area contributed by atoms with Crippen molar-refractivity contribution in [1.29, 1.82) is 0 Å². The van der Waals surface area contributed by atoms with Gasteiger partial charge in [0.2, 0.25) is 10.0 Å². The summed E-state index contributed by atoms with van der Waals surface area (Å²) >= 11 is 0. The van der Waals surface area contributed by atoms with Crippen LogP contribution in [0.5, 0.6) is 0 Å². The van der Waals surface area contributed by atoms with Gasteiger partial charge in [0.1, 0.15) is 4.90 Å². The lowest BCUT2D eigenvalue weighted by Crippen LogP contribution is -2.28. The van der Waals surface area contributed by atoms with Crippen molar-refractivity contribution in [3.63, 3.8) is 0 Å². The van der Waals surface area contributed by atoms with Crippen LogP contribution in [-0.4, -0.2) is 43.9 Å². The van der Waals surface area contributed by atoms with Crippen LogP contribution in [0.2, 0.25) is 0 Å². The van der Waals surface area contributed by atoms with Crippen molar-refractivity contribution < 1.29 is 18.6 Å². The fraction of sp³-hybridized carbons (Fsp3) is 0.500. The summed E-state index contributed by atoms with van der Waals surface area (Å²) in [5.74, 6) is 0. The highest BCUT2D eigenvalue weighted by molar-refractivity contribution is 7.89. The van der Waals surface area contributed by atoms with E-state index in [1.165, 1.54) is 6.07 Å². The molecule has 1 aliphatic carbocycles. The van der Waals surface area contributed by atoms with Gasteiger partial charge in [-0.3, -0.25) is 0 Å². The molecule has 0 radical (unpaired) electrons. The lowest BCUT2D eigenvalue weighted by molar-refractivity contribution is 0.105. The molecule has 0 aromatic heterocycles. The molecule has 4 N–H and O–H groups in total. The molecule has 1 unspecified atom stereocenters. The molecule has 1 fully saturated rings. The van der Waals surface area contributed by atoms with Gasteiger partial charge in [-0.05, 0) is 25.0 Å². The number of para-hydroxylation sites is 1. The third-order valence-electron chi connectivity index (χ3n) is 2.81. The molecule has 0 amide bonds. The maximum Gasteiger partial charge on any atom is 0.242 e. The summed E-state index contributed by atoms with van der Waals surface area (Å²) in [6.07, 6.45) is 0.822. The van der Waals surface area contributed by atoms with E-state index in [-0.39, 0.29) is 24.1 Å². The van der Waals surface area contributed by atoms with Crippen molar-refractivity contribution in [2.75, 3.05) is 18.5 Å². The highest BCUT2D eigenvalue weighted by atomic mass is 32.2. The van der Waals surface area contributed by atoms with Crippen molar-refractivity contribution >= 4 is 15.7 Å². The Hall–Kier alpha value is -1.15. The number of benzene rings is 1. The van der Waals surface area contributed by atoms with E-state index < -0.39 is 16.1 Å². The molecule has 2 rings (SSSR count). The minimum absolute atomic E-state index is 0.0427. The summed E-state index contributed by atoms with van der Waals surface area (Å²) in [6, 6.07) is 6.55. The summed E-state index contributed by atoms with van der Waals surface area (Å²) in [6.45, 7) is -0.283. The van der Waals surface area contributed by atoms with Gasteiger partial charge in [-0.1, -0.05) is 12.1 Å². The minimum Gasteiger partial charge on any atom is -0.394 e. The maximum atomic E-state index is 12.2. The molecule has 1 aromatic rings. The van der Waals surface area contributed by atoms with E-state index in [4.69, 9.17) is 5.11 Å². The lowest BCUT2D eigenvalue weighted by atomic mass is 10.3. The molecule has 19 heavy (non-hydrogen) atoms. The highest BCUT2D eigenvalue weighted by Crippen LogP contribution is 2.25. The van der Waals surface area contributed by atoms with E-state index in [1.54, 1.807) is 18.2 Å². The van der Waals surface area contributed by atoms with Crippen LogP contribution in [0.4, 0.5) is 5.69 Å². The number of hydrogen-bond acceptors (Lipinski definition) is 5. The quantitative estimate of drug-likeness (QED) is 0.561. The first kappa shape index (κ1) is 14.3. The highest BCUT2D eigenvalue weighted by Gasteiger charge is 2.29. The number of sulfonamides is 1. The van der Waals surface area contributed by atoms with Gasteiger partial charge in [0.05, 0.1) is 18.4 Å². The van der Waals surface area contributed by atoms with Crippen LogP contribution >= 0.6 is 0 Å². The van der Waals surface area contributed by atoms with Crippen LogP contribution in [-0.2, 0) is 10.0 Å². The Morgan fingerprint density at radius 3 is 2.63 bits per heavy atom. The Labute approximate surface area is 112 Å². The van der Waals surface area contributed by atoms with Crippen LogP contribution in [0.25, 0.3) is 0 Å². The van der Waals surface area contributed by atoms with Gasteiger partial charge >= 0.3 is 0 Å². The standard InChI is InChI=1S/C12H18N2O4S/c15-8-10(16)7-13-11-3-1-2-4-12(11)19(17,18)14-9-5-6-9/h1-4,9-10,13-16H,5-8H2. The Bertz CT molecular complexity index is 528. The van der Waals surface area contributed by atoms with Crippen LogP contribution < -0.4 is 10.0 Å². The van der Waals surface area contributed by atoms with Gasteiger partial charge in [0.15, 0.2) is 0 Å². The Morgan fingerprint density at radius 1 is 1.32 bits per heavy atom. The second-order valence-corrected chi connectivity index (χ2v) is 6.29. The first-order chi connectivity index (χ1) is 9.03. The normalized spacial score (nSPS) is 17.2. The second kappa shape index (κ2) is 5.87. The molecule has 0 saturated heterocycles. The summed E-state index contributed by atoms with van der Waals surface area (Å²) in [4.78, 5) is 0.159. The van der Waals surface area contributed by atoms with E-state index in [9.17, 15) is 13.5 Å². The summed E-state index contributed by atoms with van der Waals surface area (Å²) in [5.41, 5.74) is 0.420. The number of anilines is 1. The van der Waals surface area contributed by atoms with E-state index in [1.807, 2.05) is 0 Å². The van der Waals surface area contributed by atoms with Crippen molar-refractivity contribution in [1.82, 2.24) is 4.72 Å². The van der Waals surface area contributed by atoms with E-state index in [0.717, 1.165) is 12.8 Å². The molecule has 0 spiro atoms. The van der Waals surface area contributed by atoms with Gasteiger partial charge in [0.25, 0.3) is 0 Å². The number of aliphatic hydroxyl groups is 2. The average Bonchev–Trinajstić information content (AvgIpc) is 3.19. The Kier molecular flexibility index (Phi) is 4.41. The van der Waals surface area contributed by atoms with Crippen LogP contribution in [0.15, 0.2) is 29.2 Å². The molecule has 0 heterocycles. The number of nitrogens with one attached hydrogen (secondary N) is 2. The minimum atomic E-state index is -3.54. The number of rotatable bonds is 7. The fourth-order valence-electron chi connectivity index (χ4n) is 1.62. The molecule has 1 aromatic carbocycles. The molecule has 0 aliphatic heterocycles. The van der Waals surface area contributed by atoms with Gasteiger partial charge in [-0.2, -0.15) is 0 Å². The zero-order valence-electron chi connectivity index (χ0n) is 10.4. The summed E-state index contributed by atoms with van der Waals surface area (Å²) in [5, 5.41) is 20.9. The van der Waals surface area contributed by atoms with Gasteiger partial charge < -0.3 is 15.5 Å². The number of hydrogen-bond donors (Lipinski definition) is 4.